The Morgan fingerprint density at radius 2 is 2.05 bits per heavy atom. The number of hydrogen-bond acceptors (Lipinski definition) is 7. The maximum Gasteiger partial charge on any atom is 0.247 e. The van der Waals surface area contributed by atoms with Gasteiger partial charge >= 0.3 is 0 Å². The van der Waals surface area contributed by atoms with Crippen molar-refractivity contribution < 1.29 is 22.9 Å². The maximum atomic E-state index is 11.7. The Kier molecular flexibility index (Phi) is 4.40. The minimum absolute atomic E-state index is 0.267. The van der Waals surface area contributed by atoms with Crippen LogP contribution in [0.5, 0.6) is 0 Å². The molecule has 0 aliphatic carbocycles. The number of carbonyl (C=O) groups is 1. The van der Waals surface area contributed by atoms with Gasteiger partial charge in [0.05, 0.1) is 5.75 Å². The number of pyridine rings is 1. The first kappa shape index (κ1) is 14.5. The second-order valence-corrected chi connectivity index (χ2v) is 6.98. The highest BCUT2D eigenvalue weighted by molar-refractivity contribution is 7.90. The van der Waals surface area contributed by atoms with E-state index < -0.39 is 28.0 Å². The van der Waals surface area contributed by atoms with Gasteiger partial charge in [0.1, 0.15) is 11.3 Å². The van der Waals surface area contributed by atoms with Crippen molar-refractivity contribution in [2.45, 2.75) is 12.3 Å². The Morgan fingerprint density at radius 3 is 2.60 bits per heavy atom. The van der Waals surface area contributed by atoms with E-state index >= 15 is 0 Å². The molecule has 0 atom stereocenters. The molecule has 9 heteroatoms. The van der Waals surface area contributed by atoms with Gasteiger partial charge in [0.15, 0.2) is 12.4 Å². The van der Waals surface area contributed by atoms with Crippen molar-refractivity contribution in [1.82, 2.24) is 9.36 Å². The fourth-order valence-electron chi connectivity index (χ4n) is 1.52. The number of sulfone groups is 1. The Hall–Kier alpha value is -1.87. The largest absolute Gasteiger partial charge is 0.550 e. The highest BCUT2D eigenvalue weighted by Crippen LogP contribution is 2.17. The highest BCUT2D eigenvalue weighted by atomic mass is 32.2. The van der Waals surface area contributed by atoms with Crippen molar-refractivity contribution in [2.75, 3.05) is 5.75 Å². The first-order valence-electron chi connectivity index (χ1n) is 5.63. The zero-order valence-electron chi connectivity index (χ0n) is 10.3. The smallest absolute Gasteiger partial charge is 0.247 e. The normalized spacial score (nSPS) is 11.4. The molecule has 2 aromatic heterocycles. The molecule has 2 aromatic rings. The molecule has 7 nitrogen and oxygen atoms in total. The summed E-state index contributed by atoms with van der Waals surface area (Å²) in [6, 6.07) is 3.46. The zero-order valence-corrected chi connectivity index (χ0v) is 11.9. The number of carboxylic acid groups (broad SMARTS) is 1. The highest BCUT2D eigenvalue weighted by Gasteiger charge is 2.17. The molecular formula is C11H11N3O4S2. The van der Waals surface area contributed by atoms with Gasteiger partial charge in [0.25, 0.3) is 0 Å². The van der Waals surface area contributed by atoms with Gasteiger partial charge in [0.2, 0.25) is 15.7 Å². The molecule has 0 saturated carbocycles. The fourth-order valence-corrected chi connectivity index (χ4v) is 3.28. The lowest BCUT2D eigenvalue weighted by Crippen LogP contribution is -2.38. The maximum absolute atomic E-state index is 11.7. The summed E-state index contributed by atoms with van der Waals surface area (Å²) in [5.74, 6) is -2.07. The van der Waals surface area contributed by atoms with E-state index in [1.165, 1.54) is 22.4 Å². The molecule has 20 heavy (non-hydrogen) atoms. The number of aliphatic carboxylic acids is 1. The molecule has 0 spiro atoms. The molecule has 2 heterocycles. The summed E-state index contributed by atoms with van der Waals surface area (Å²) in [5, 5.41) is 11.0. The molecule has 0 N–H and O–H groups in total. The van der Waals surface area contributed by atoms with E-state index in [0.717, 1.165) is 10.6 Å². The van der Waals surface area contributed by atoms with Crippen molar-refractivity contribution >= 4 is 27.3 Å². The van der Waals surface area contributed by atoms with Gasteiger partial charge < -0.3 is 9.90 Å². The van der Waals surface area contributed by atoms with E-state index in [1.54, 1.807) is 24.5 Å². The van der Waals surface area contributed by atoms with Crippen LogP contribution in [-0.4, -0.2) is 29.5 Å². The summed E-state index contributed by atoms with van der Waals surface area (Å²) in [5.41, 5.74) is 0.843. The first-order valence-corrected chi connectivity index (χ1v) is 8.22. The van der Waals surface area contributed by atoms with Gasteiger partial charge in [-0.05, 0) is 11.5 Å². The van der Waals surface area contributed by atoms with Gasteiger partial charge in [-0.3, -0.25) is 0 Å². The number of aromatic nitrogens is 3. The van der Waals surface area contributed by atoms with Crippen LogP contribution in [0.4, 0.5) is 0 Å². The van der Waals surface area contributed by atoms with E-state index in [2.05, 4.69) is 9.36 Å². The monoisotopic (exact) mass is 313 g/mol. The van der Waals surface area contributed by atoms with Crippen molar-refractivity contribution in [1.29, 1.82) is 0 Å². The van der Waals surface area contributed by atoms with Crippen LogP contribution >= 0.6 is 11.5 Å². The molecule has 2 rings (SSSR count). The second kappa shape index (κ2) is 6.06. The Labute approximate surface area is 119 Å². The summed E-state index contributed by atoms with van der Waals surface area (Å²) in [6.45, 7) is 0. The second-order valence-electron chi connectivity index (χ2n) is 4.05. The molecule has 0 unspecified atom stereocenters. The molecule has 0 fully saturated rings. The quantitative estimate of drug-likeness (QED) is 0.634. The molecular weight excluding hydrogens is 302 g/mol. The van der Waals surface area contributed by atoms with Crippen molar-refractivity contribution in [2.24, 2.45) is 0 Å². The summed E-state index contributed by atoms with van der Waals surface area (Å²) in [4.78, 5) is 14.3. The topological polar surface area (TPSA) is 104 Å². The van der Waals surface area contributed by atoms with Gasteiger partial charge in [-0.1, -0.05) is 0 Å². The number of carboxylic acids is 1. The molecule has 0 amide bonds. The lowest BCUT2D eigenvalue weighted by atomic mass is 10.3. The van der Waals surface area contributed by atoms with Crippen LogP contribution in [0.1, 0.15) is 6.42 Å². The Morgan fingerprint density at radius 1 is 1.35 bits per heavy atom. The average molecular weight is 313 g/mol. The van der Waals surface area contributed by atoms with Crippen LogP contribution in [0.15, 0.2) is 30.9 Å². The average Bonchev–Trinajstić information content (AvgIpc) is 2.91. The molecule has 0 aliphatic rings. The zero-order chi connectivity index (χ0) is 14.6. The summed E-state index contributed by atoms with van der Waals surface area (Å²) < 4.78 is 28.7. The Bertz CT molecular complexity index is 681. The van der Waals surface area contributed by atoms with Crippen LogP contribution in [0, 0.1) is 0 Å². The Balaban J connectivity index is 2.05. The third-order valence-electron chi connectivity index (χ3n) is 2.46. The van der Waals surface area contributed by atoms with Crippen molar-refractivity contribution in [3.63, 3.8) is 0 Å². The number of hydrogen-bond donors (Lipinski definition) is 0. The summed E-state index contributed by atoms with van der Waals surface area (Å²) >= 11 is 1.25. The number of carbonyl (C=O) groups excluding carboxylic acids is 1. The molecule has 0 radical (unpaired) electrons. The van der Waals surface area contributed by atoms with Gasteiger partial charge in [-0.25, -0.2) is 13.4 Å². The van der Waals surface area contributed by atoms with Crippen molar-refractivity contribution in [3.05, 3.63) is 30.9 Å². The van der Waals surface area contributed by atoms with Gasteiger partial charge in [0, 0.05) is 30.1 Å². The van der Waals surface area contributed by atoms with E-state index in [-0.39, 0.29) is 5.88 Å². The predicted molar refractivity (Wildman–Crippen MR) is 69.0 cm³/mol. The molecule has 0 aliphatic heterocycles. The van der Waals surface area contributed by atoms with Crippen LogP contribution in [0.3, 0.4) is 0 Å². The third-order valence-corrected chi connectivity index (χ3v) is 4.69. The first-order chi connectivity index (χ1) is 9.46. The van der Waals surface area contributed by atoms with Crippen LogP contribution in [0.2, 0.25) is 0 Å². The lowest BCUT2D eigenvalue weighted by Gasteiger charge is -2.02. The lowest BCUT2D eigenvalue weighted by molar-refractivity contribution is -0.677. The molecule has 0 aromatic carbocycles. The van der Waals surface area contributed by atoms with Gasteiger partial charge in [-0.15, -0.1) is 0 Å². The molecule has 0 bridgehead atoms. The van der Waals surface area contributed by atoms with Gasteiger partial charge in [-0.2, -0.15) is 8.94 Å². The number of nitrogens with zero attached hydrogens (tertiary/aromatic N) is 3. The van der Waals surface area contributed by atoms with Crippen LogP contribution in [-0.2, 0) is 20.5 Å². The van der Waals surface area contributed by atoms with Crippen LogP contribution < -0.4 is 9.67 Å². The van der Waals surface area contributed by atoms with E-state index in [9.17, 15) is 18.3 Å². The number of rotatable bonds is 6. The molecule has 106 valence electrons. The summed E-state index contributed by atoms with van der Waals surface area (Å²) in [7, 11) is -3.48. The fraction of sp³-hybridized carbons (Fsp3) is 0.273. The van der Waals surface area contributed by atoms with E-state index in [4.69, 9.17) is 0 Å². The predicted octanol–water partition coefficient (Wildman–Crippen LogP) is -0.995. The molecule has 0 saturated heterocycles. The van der Waals surface area contributed by atoms with E-state index in [0.29, 0.717) is 0 Å². The third kappa shape index (κ3) is 4.07. The van der Waals surface area contributed by atoms with Crippen LogP contribution in [0.25, 0.3) is 10.6 Å². The standard InChI is InChI=1S/C11H11N3O4S2/c15-10(16)3-6-20(17,18)8-14-4-1-9(2-5-14)11-12-7-13-19-11/h1-2,4-5,7H,3,6,8H2. The minimum atomic E-state index is -3.48. The minimum Gasteiger partial charge on any atom is -0.550 e. The SMILES string of the molecule is O=C([O-])CCS(=O)(=O)C[n+]1ccc(-c2ncns2)cc1. The summed E-state index contributed by atoms with van der Waals surface area (Å²) in [6.07, 6.45) is 4.16. The van der Waals surface area contributed by atoms with Crippen molar-refractivity contribution in [3.8, 4) is 10.6 Å². The van der Waals surface area contributed by atoms with E-state index in [1.807, 2.05) is 0 Å².